The van der Waals surface area contributed by atoms with Crippen LogP contribution in [0.2, 0.25) is 0 Å². The van der Waals surface area contributed by atoms with Crippen LogP contribution in [0.1, 0.15) is 71.0 Å². The van der Waals surface area contributed by atoms with Gasteiger partial charge in [0.1, 0.15) is 5.60 Å². The smallest absolute Gasteiger partial charge is 0.415 e. The Kier molecular flexibility index (Phi) is 4.94. The predicted octanol–water partition coefficient (Wildman–Crippen LogP) is 5.53. The highest BCUT2D eigenvalue weighted by atomic mass is 16.6. The largest absolute Gasteiger partial charge is 0.443 e. The molecule has 3 heteroatoms. The van der Waals surface area contributed by atoms with E-state index in [1.54, 1.807) is 0 Å². The quantitative estimate of drug-likeness (QED) is 0.734. The van der Waals surface area contributed by atoms with Gasteiger partial charge in [-0.25, -0.2) is 4.79 Å². The van der Waals surface area contributed by atoms with Crippen molar-refractivity contribution in [1.82, 2.24) is 4.90 Å². The van der Waals surface area contributed by atoms with Crippen molar-refractivity contribution in [2.75, 3.05) is 0 Å². The number of fused-ring (bicyclic) bond motifs is 1. The number of hydrogen-bond acceptors (Lipinski definition) is 2. The molecule has 3 nitrogen and oxygen atoms in total. The van der Waals surface area contributed by atoms with Crippen molar-refractivity contribution in [2.24, 2.45) is 0 Å². The Labute approximate surface area is 134 Å². The van der Waals surface area contributed by atoms with E-state index in [0.717, 1.165) is 25.0 Å². The van der Waals surface area contributed by atoms with Crippen LogP contribution in [0, 0.1) is 0 Å². The first kappa shape index (κ1) is 16.6. The molecule has 0 bridgehead atoms. The molecule has 1 aliphatic heterocycles. The molecule has 1 amide bonds. The second kappa shape index (κ2) is 6.55. The summed E-state index contributed by atoms with van der Waals surface area (Å²) in [6.45, 7) is 9.95. The van der Waals surface area contributed by atoms with Crippen LogP contribution in [0.3, 0.4) is 0 Å². The van der Waals surface area contributed by atoms with E-state index in [2.05, 4.69) is 32.1 Å². The minimum Gasteiger partial charge on any atom is -0.443 e. The zero-order valence-electron chi connectivity index (χ0n) is 14.3. The van der Waals surface area contributed by atoms with Crippen molar-refractivity contribution in [1.29, 1.82) is 0 Å². The summed E-state index contributed by atoms with van der Waals surface area (Å²) in [5.41, 5.74) is 2.96. The van der Waals surface area contributed by atoms with Crippen molar-refractivity contribution in [2.45, 2.75) is 65.5 Å². The first-order valence-electron chi connectivity index (χ1n) is 8.15. The SMILES string of the molecule is CCCCC1=Cc2ccccc2C(C)N1C(=O)OC(C)(C)C. The van der Waals surface area contributed by atoms with Gasteiger partial charge in [0.15, 0.2) is 0 Å². The summed E-state index contributed by atoms with van der Waals surface area (Å²) in [6.07, 6.45) is 4.95. The molecule has 22 heavy (non-hydrogen) atoms. The number of ether oxygens (including phenoxy) is 1. The Bertz CT molecular complexity index is 569. The van der Waals surface area contributed by atoms with E-state index in [1.807, 2.05) is 37.8 Å². The molecule has 1 unspecified atom stereocenters. The van der Waals surface area contributed by atoms with Gasteiger partial charge in [-0.05, 0) is 57.7 Å². The zero-order chi connectivity index (χ0) is 16.3. The lowest BCUT2D eigenvalue weighted by molar-refractivity contribution is 0.0242. The highest BCUT2D eigenvalue weighted by Gasteiger charge is 2.32. The number of hydrogen-bond donors (Lipinski definition) is 0. The summed E-state index contributed by atoms with van der Waals surface area (Å²) in [4.78, 5) is 14.5. The van der Waals surface area contributed by atoms with Gasteiger partial charge in [-0.2, -0.15) is 0 Å². The van der Waals surface area contributed by atoms with Gasteiger partial charge in [0.2, 0.25) is 0 Å². The number of allylic oxidation sites excluding steroid dienone is 1. The normalized spacial score (nSPS) is 17.8. The summed E-state index contributed by atoms with van der Waals surface area (Å²) < 4.78 is 5.62. The second-order valence-electron chi connectivity index (χ2n) is 6.89. The van der Waals surface area contributed by atoms with E-state index in [0.29, 0.717) is 0 Å². The van der Waals surface area contributed by atoms with Gasteiger partial charge in [0.05, 0.1) is 6.04 Å². The molecule has 0 aromatic heterocycles. The molecule has 0 fully saturated rings. The Balaban J connectivity index is 2.36. The zero-order valence-corrected chi connectivity index (χ0v) is 14.3. The van der Waals surface area contributed by atoms with Gasteiger partial charge < -0.3 is 4.74 Å². The lowest BCUT2D eigenvalue weighted by atomic mass is 9.94. The van der Waals surface area contributed by atoms with Crippen LogP contribution in [0.4, 0.5) is 4.79 Å². The molecule has 1 aliphatic rings. The van der Waals surface area contributed by atoms with Gasteiger partial charge in [0, 0.05) is 5.70 Å². The maximum absolute atomic E-state index is 12.7. The molecule has 0 saturated carbocycles. The molecule has 0 aliphatic carbocycles. The van der Waals surface area contributed by atoms with E-state index in [9.17, 15) is 4.79 Å². The molecule has 1 aromatic carbocycles. The Hall–Kier alpha value is -1.77. The van der Waals surface area contributed by atoms with Gasteiger partial charge in [-0.15, -0.1) is 0 Å². The van der Waals surface area contributed by atoms with Crippen molar-refractivity contribution in [3.8, 4) is 0 Å². The number of benzene rings is 1. The average Bonchev–Trinajstić information content (AvgIpc) is 2.43. The molecule has 0 radical (unpaired) electrons. The topological polar surface area (TPSA) is 29.5 Å². The van der Waals surface area contributed by atoms with Crippen LogP contribution < -0.4 is 0 Å². The fourth-order valence-electron chi connectivity index (χ4n) is 2.80. The van der Waals surface area contributed by atoms with Crippen molar-refractivity contribution in [3.05, 3.63) is 41.1 Å². The summed E-state index contributed by atoms with van der Waals surface area (Å²) in [5.74, 6) is 0. The predicted molar refractivity (Wildman–Crippen MR) is 90.4 cm³/mol. The summed E-state index contributed by atoms with van der Waals surface area (Å²) >= 11 is 0. The highest BCUT2D eigenvalue weighted by Crippen LogP contribution is 2.36. The molecule has 0 saturated heterocycles. The Morgan fingerprint density at radius 2 is 1.95 bits per heavy atom. The third kappa shape index (κ3) is 3.70. The maximum Gasteiger partial charge on any atom is 0.415 e. The van der Waals surface area contributed by atoms with Crippen LogP contribution in [0.25, 0.3) is 6.08 Å². The highest BCUT2D eigenvalue weighted by molar-refractivity contribution is 5.76. The number of carbonyl (C=O) groups excluding carboxylic acids is 1. The number of nitrogens with zero attached hydrogens (tertiary/aromatic N) is 1. The van der Waals surface area contributed by atoms with E-state index in [1.165, 1.54) is 11.1 Å². The maximum atomic E-state index is 12.7. The van der Waals surface area contributed by atoms with E-state index >= 15 is 0 Å². The standard InChI is InChI=1S/C19H27NO2/c1-6-7-11-16-13-15-10-8-9-12-17(15)14(2)20(16)18(21)22-19(3,4)5/h8-10,12-14H,6-7,11H2,1-5H3. The number of amides is 1. The van der Waals surface area contributed by atoms with E-state index in [-0.39, 0.29) is 12.1 Å². The summed E-state index contributed by atoms with van der Waals surface area (Å²) in [6, 6.07) is 8.27. The van der Waals surface area contributed by atoms with Crippen molar-refractivity contribution >= 4 is 12.2 Å². The van der Waals surface area contributed by atoms with Crippen LogP contribution in [-0.2, 0) is 4.74 Å². The third-order valence-electron chi connectivity index (χ3n) is 3.84. The Morgan fingerprint density at radius 1 is 1.27 bits per heavy atom. The van der Waals surface area contributed by atoms with E-state index in [4.69, 9.17) is 4.74 Å². The number of carbonyl (C=O) groups is 1. The average molecular weight is 301 g/mol. The summed E-state index contributed by atoms with van der Waals surface area (Å²) in [7, 11) is 0. The molecule has 120 valence electrons. The molecule has 1 aromatic rings. The minimum atomic E-state index is -0.483. The van der Waals surface area contributed by atoms with Crippen LogP contribution in [0.5, 0.6) is 0 Å². The fraction of sp³-hybridized carbons (Fsp3) is 0.526. The van der Waals surface area contributed by atoms with Gasteiger partial charge in [-0.1, -0.05) is 37.6 Å². The Morgan fingerprint density at radius 3 is 2.59 bits per heavy atom. The number of unbranched alkanes of at least 4 members (excludes halogenated alkanes) is 1. The molecule has 1 heterocycles. The summed E-state index contributed by atoms with van der Waals surface area (Å²) in [5, 5.41) is 0. The molecule has 0 N–H and O–H groups in total. The van der Waals surface area contributed by atoms with E-state index < -0.39 is 5.60 Å². The van der Waals surface area contributed by atoms with Crippen LogP contribution in [0.15, 0.2) is 30.0 Å². The van der Waals surface area contributed by atoms with Gasteiger partial charge in [-0.3, -0.25) is 4.90 Å². The molecular formula is C19H27NO2. The molecule has 2 rings (SSSR count). The van der Waals surface area contributed by atoms with Gasteiger partial charge >= 0.3 is 6.09 Å². The van der Waals surface area contributed by atoms with Crippen molar-refractivity contribution < 1.29 is 9.53 Å². The third-order valence-corrected chi connectivity index (χ3v) is 3.84. The van der Waals surface area contributed by atoms with Gasteiger partial charge in [0.25, 0.3) is 0 Å². The number of rotatable bonds is 3. The van der Waals surface area contributed by atoms with Crippen molar-refractivity contribution in [3.63, 3.8) is 0 Å². The molecular weight excluding hydrogens is 274 g/mol. The fourth-order valence-corrected chi connectivity index (χ4v) is 2.80. The minimum absolute atomic E-state index is 0.00269. The monoisotopic (exact) mass is 301 g/mol. The molecule has 0 spiro atoms. The lowest BCUT2D eigenvalue weighted by Crippen LogP contribution is -2.39. The second-order valence-corrected chi connectivity index (χ2v) is 6.89. The first-order chi connectivity index (χ1) is 10.3. The van der Waals surface area contributed by atoms with Crippen LogP contribution in [-0.4, -0.2) is 16.6 Å². The first-order valence-corrected chi connectivity index (χ1v) is 8.15. The molecule has 1 atom stereocenters. The lowest BCUT2D eigenvalue weighted by Gasteiger charge is -2.37. The van der Waals surface area contributed by atoms with Crippen LogP contribution >= 0.6 is 0 Å².